The lowest BCUT2D eigenvalue weighted by Gasteiger charge is -2.28. The van der Waals surface area contributed by atoms with Crippen LogP contribution in [0.15, 0.2) is 0 Å². The zero-order valence-corrected chi connectivity index (χ0v) is 8.92. The summed E-state index contributed by atoms with van der Waals surface area (Å²) in [5.74, 6) is 0. The minimum absolute atomic E-state index is 0.0555. The zero-order valence-electron chi connectivity index (χ0n) is 8.92. The minimum atomic E-state index is -0.542. The van der Waals surface area contributed by atoms with Gasteiger partial charge < -0.3 is 15.3 Å². The van der Waals surface area contributed by atoms with Crippen molar-refractivity contribution in [2.24, 2.45) is 0 Å². The molecule has 13 heavy (non-hydrogen) atoms. The highest BCUT2D eigenvalue weighted by atomic mass is 16.3. The van der Waals surface area contributed by atoms with Crippen LogP contribution >= 0.6 is 0 Å². The van der Waals surface area contributed by atoms with Gasteiger partial charge in [-0.05, 0) is 27.7 Å². The number of hydrogen-bond donors (Lipinski definition) is 2. The van der Waals surface area contributed by atoms with Crippen LogP contribution in [0.1, 0.15) is 27.7 Å². The third-order valence-electron chi connectivity index (χ3n) is 1.89. The van der Waals surface area contributed by atoms with E-state index in [9.17, 15) is 4.79 Å². The normalized spacial score (nSPS) is 11.2. The molecule has 78 valence electrons. The van der Waals surface area contributed by atoms with Crippen LogP contribution in [0.5, 0.6) is 0 Å². The summed E-state index contributed by atoms with van der Waals surface area (Å²) in [6.45, 7) is 8.74. The molecule has 4 heteroatoms. The Labute approximate surface area is 79.9 Å². The fourth-order valence-electron chi connectivity index (χ4n) is 0.919. The zero-order chi connectivity index (χ0) is 10.5. The summed E-state index contributed by atoms with van der Waals surface area (Å²) in [4.78, 5) is 13.2. The fraction of sp³-hybridized carbons (Fsp3) is 0.889. The van der Waals surface area contributed by atoms with E-state index in [-0.39, 0.29) is 12.6 Å². The Morgan fingerprint density at radius 3 is 2.15 bits per heavy atom. The molecular formula is C9H20N2O2. The first-order chi connectivity index (χ1) is 5.96. The van der Waals surface area contributed by atoms with Crippen molar-refractivity contribution in [1.29, 1.82) is 0 Å². The average Bonchev–Trinajstić information content (AvgIpc) is 2.06. The van der Waals surface area contributed by atoms with E-state index in [0.717, 1.165) is 0 Å². The van der Waals surface area contributed by atoms with Crippen LogP contribution in [-0.2, 0) is 0 Å². The Balaban J connectivity index is 4.13. The highest BCUT2D eigenvalue weighted by Gasteiger charge is 2.21. The predicted octanol–water partition coefficient (Wildman–Crippen LogP) is 0.809. The lowest BCUT2D eigenvalue weighted by Crippen LogP contribution is -2.51. The van der Waals surface area contributed by atoms with Crippen LogP contribution in [0.3, 0.4) is 0 Å². The molecule has 2 amide bonds. The highest BCUT2D eigenvalue weighted by Crippen LogP contribution is 2.01. The molecule has 0 unspecified atom stereocenters. The first kappa shape index (κ1) is 12.2. The van der Waals surface area contributed by atoms with E-state index in [4.69, 9.17) is 5.11 Å². The molecule has 0 spiro atoms. The molecule has 0 atom stereocenters. The molecular weight excluding hydrogens is 168 g/mol. The number of carbonyl (C=O) groups excluding carboxylic acids is 1. The van der Waals surface area contributed by atoms with E-state index in [1.807, 2.05) is 13.8 Å². The molecule has 0 aliphatic carbocycles. The van der Waals surface area contributed by atoms with Crippen molar-refractivity contribution in [2.75, 3.05) is 19.7 Å². The van der Waals surface area contributed by atoms with Crippen molar-refractivity contribution in [3.63, 3.8) is 0 Å². The Morgan fingerprint density at radius 2 is 1.85 bits per heavy atom. The lowest BCUT2D eigenvalue weighted by molar-refractivity contribution is 0.162. The second kappa shape index (κ2) is 5.07. The monoisotopic (exact) mass is 188 g/mol. The van der Waals surface area contributed by atoms with Gasteiger partial charge in [0.2, 0.25) is 0 Å². The van der Waals surface area contributed by atoms with Gasteiger partial charge >= 0.3 is 6.03 Å². The number of nitrogens with zero attached hydrogens (tertiary/aromatic N) is 1. The number of nitrogens with one attached hydrogen (secondary N) is 1. The molecule has 0 saturated heterocycles. The van der Waals surface area contributed by atoms with Crippen molar-refractivity contribution < 1.29 is 9.90 Å². The number of rotatable bonds is 4. The molecule has 0 radical (unpaired) electrons. The third kappa shape index (κ3) is 4.12. The minimum Gasteiger partial charge on any atom is -0.394 e. The van der Waals surface area contributed by atoms with Gasteiger partial charge in [-0.25, -0.2) is 4.79 Å². The molecule has 0 aromatic carbocycles. The molecule has 0 aliphatic heterocycles. The van der Waals surface area contributed by atoms with Gasteiger partial charge in [-0.3, -0.25) is 0 Å². The first-order valence-electron chi connectivity index (χ1n) is 4.64. The standard InChI is InChI=1S/C9H20N2O2/c1-5-11(6-2)8(13)10-9(3,4)7-12/h12H,5-7H2,1-4H3,(H,10,13). The molecule has 0 bridgehead atoms. The highest BCUT2D eigenvalue weighted by molar-refractivity contribution is 5.74. The number of aliphatic hydroxyl groups excluding tert-OH is 1. The Hall–Kier alpha value is -0.770. The van der Waals surface area contributed by atoms with Gasteiger partial charge in [-0.15, -0.1) is 0 Å². The molecule has 0 rings (SSSR count). The summed E-state index contributed by atoms with van der Waals surface area (Å²) >= 11 is 0. The predicted molar refractivity (Wildman–Crippen MR) is 52.6 cm³/mol. The number of carbonyl (C=O) groups is 1. The summed E-state index contributed by atoms with van der Waals surface area (Å²) in [5.41, 5.74) is -0.542. The maximum Gasteiger partial charge on any atom is 0.317 e. The van der Waals surface area contributed by atoms with Gasteiger partial charge in [-0.2, -0.15) is 0 Å². The maximum absolute atomic E-state index is 11.5. The lowest BCUT2D eigenvalue weighted by atomic mass is 10.1. The number of hydrogen-bond acceptors (Lipinski definition) is 2. The van der Waals surface area contributed by atoms with Crippen molar-refractivity contribution in [3.8, 4) is 0 Å². The second-order valence-electron chi connectivity index (χ2n) is 3.64. The topological polar surface area (TPSA) is 52.6 Å². The summed E-state index contributed by atoms with van der Waals surface area (Å²) in [6.07, 6.45) is 0. The van der Waals surface area contributed by atoms with Crippen molar-refractivity contribution in [3.05, 3.63) is 0 Å². The summed E-state index contributed by atoms with van der Waals surface area (Å²) < 4.78 is 0. The largest absolute Gasteiger partial charge is 0.394 e. The Kier molecular flexibility index (Phi) is 4.77. The van der Waals surface area contributed by atoms with E-state index >= 15 is 0 Å². The molecule has 0 fully saturated rings. The first-order valence-corrected chi connectivity index (χ1v) is 4.64. The van der Waals surface area contributed by atoms with E-state index in [1.165, 1.54) is 0 Å². The molecule has 4 nitrogen and oxygen atoms in total. The number of aliphatic hydroxyl groups is 1. The maximum atomic E-state index is 11.5. The van der Waals surface area contributed by atoms with E-state index < -0.39 is 5.54 Å². The average molecular weight is 188 g/mol. The second-order valence-corrected chi connectivity index (χ2v) is 3.64. The Bertz CT molecular complexity index is 165. The molecule has 0 saturated carbocycles. The SMILES string of the molecule is CCN(CC)C(=O)NC(C)(C)CO. The van der Waals surface area contributed by atoms with Crippen molar-refractivity contribution in [2.45, 2.75) is 33.2 Å². The third-order valence-corrected chi connectivity index (χ3v) is 1.89. The summed E-state index contributed by atoms with van der Waals surface area (Å²) in [6, 6.07) is -0.121. The number of amides is 2. The van der Waals surface area contributed by atoms with E-state index in [1.54, 1.807) is 18.7 Å². The molecule has 0 aliphatic rings. The molecule has 0 aromatic rings. The van der Waals surface area contributed by atoms with Crippen LogP contribution in [0.2, 0.25) is 0 Å². The van der Waals surface area contributed by atoms with Gasteiger partial charge in [0.25, 0.3) is 0 Å². The van der Waals surface area contributed by atoms with Crippen molar-refractivity contribution in [1.82, 2.24) is 10.2 Å². The summed E-state index contributed by atoms with van der Waals surface area (Å²) in [7, 11) is 0. The molecule has 2 N–H and O–H groups in total. The van der Waals surface area contributed by atoms with E-state index in [0.29, 0.717) is 13.1 Å². The van der Waals surface area contributed by atoms with Gasteiger partial charge in [0.05, 0.1) is 12.1 Å². The summed E-state index contributed by atoms with van der Waals surface area (Å²) in [5, 5.41) is 11.7. The van der Waals surface area contributed by atoms with Gasteiger partial charge in [0, 0.05) is 13.1 Å². The smallest absolute Gasteiger partial charge is 0.317 e. The van der Waals surface area contributed by atoms with Gasteiger partial charge in [0.15, 0.2) is 0 Å². The van der Waals surface area contributed by atoms with Crippen LogP contribution < -0.4 is 5.32 Å². The van der Waals surface area contributed by atoms with Crippen LogP contribution in [0.4, 0.5) is 4.79 Å². The number of urea groups is 1. The van der Waals surface area contributed by atoms with Gasteiger partial charge in [-0.1, -0.05) is 0 Å². The van der Waals surface area contributed by atoms with Crippen molar-refractivity contribution >= 4 is 6.03 Å². The van der Waals surface area contributed by atoms with E-state index in [2.05, 4.69) is 5.32 Å². The van der Waals surface area contributed by atoms with Crippen LogP contribution in [0, 0.1) is 0 Å². The van der Waals surface area contributed by atoms with Crippen LogP contribution in [-0.4, -0.2) is 41.3 Å². The fourth-order valence-corrected chi connectivity index (χ4v) is 0.919. The Morgan fingerprint density at radius 1 is 1.38 bits per heavy atom. The molecule has 0 aromatic heterocycles. The van der Waals surface area contributed by atoms with Crippen LogP contribution in [0.25, 0.3) is 0 Å². The quantitative estimate of drug-likeness (QED) is 0.686. The van der Waals surface area contributed by atoms with Gasteiger partial charge in [0.1, 0.15) is 0 Å². The molecule has 0 heterocycles.